The summed E-state index contributed by atoms with van der Waals surface area (Å²) < 4.78 is 7.00. The summed E-state index contributed by atoms with van der Waals surface area (Å²) in [6.45, 7) is 4.60. The second-order valence-corrected chi connectivity index (χ2v) is 5.88. The average molecular weight is 316 g/mol. The lowest BCUT2D eigenvalue weighted by atomic mass is 10.1. The van der Waals surface area contributed by atoms with Gasteiger partial charge in [0.25, 0.3) is 5.56 Å². The molecule has 2 aromatic heterocycles. The van der Waals surface area contributed by atoms with E-state index in [-0.39, 0.29) is 17.6 Å². The van der Waals surface area contributed by atoms with Crippen LogP contribution in [-0.4, -0.2) is 27.0 Å². The SMILES string of the molecule is Cc1ccc(C(C)NC(=O)N2CCc3c(ncn(C)c3=O)C2)o1. The maximum Gasteiger partial charge on any atom is 0.318 e. The molecule has 0 saturated carbocycles. The first-order valence-electron chi connectivity index (χ1n) is 7.61. The minimum Gasteiger partial charge on any atom is -0.464 e. The van der Waals surface area contributed by atoms with E-state index >= 15 is 0 Å². The number of urea groups is 1. The van der Waals surface area contributed by atoms with Gasteiger partial charge in [-0.15, -0.1) is 0 Å². The van der Waals surface area contributed by atoms with Gasteiger partial charge in [-0.2, -0.15) is 0 Å². The smallest absolute Gasteiger partial charge is 0.318 e. The number of fused-ring (bicyclic) bond motifs is 1. The van der Waals surface area contributed by atoms with Gasteiger partial charge in [-0.25, -0.2) is 9.78 Å². The molecule has 0 fully saturated rings. The zero-order valence-electron chi connectivity index (χ0n) is 13.5. The number of carbonyl (C=O) groups is 1. The summed E-state index contributed by atoms with van der Waals surface area (Å²) in [6.07, 6.45) is 2.02. The van der Waals surface area contributed by atoms with Crippen LogP contribution in [0.1, 0.15) is 35.7 Å². The fourth-order valence-corrected chi connectivity index (χ4v) is 2.72. The lowest BCUT2D eigenvalue weighted by molar-refractivity contribution is 0.186. The molecule has 0 aliphatic carbocycles. The minimum atomic E-state index is -0.214. The van der Waals surface area contributed by atoms with E-state index in [1.54, 1.807) is 11.9 Å². The van der Waals surface area contributed by atoms with E-state index in [1.165, 1.54) is 10.9 Å². The third kappa shape index (κ3) is 2.99. The summed E-state index contributed by atoms with van der Waals surface area (Å²) in [6, 6.07) is 3.33. The van der Waals surface area contributed by atoms with Crippen LogP contribution < -0.4 is 10.9 Å². The molecule has 7 heteroatoms. The van der Waals surface area contributed by atoms with Crippen molar-refractivity contribution in [2.75, 3.05) is 6.54 Å². The Bertz CT molecular complexity index is 793. The second-order valence-electron chi connectivity index (χ2n) is 5.88. The fraction of sp³-hybridized carbons (Fsp3) is 0.438. The van der Waals surface area contributed by atoms with Gasteiger partial charge < -0.3 is 19.2 Å². The molecule has 0 aromatic carbocycles. The molecule has 3 rings (SSSR count). The second kappa shape index (κ2) is 5.91. The van der Waals surface area contributed by atoms with Gasteiger partial charge in [0, 0.05) is 19.2 Å². The van der Waals surface area contributed by atoms with Gasteiger partial charge in [-0.3, -0.25) is 4.79 Å². The van der Waals surface area contributed by atoms with E-state index in [9.17, 15) is 9.59 Å². The molecule has 1 atom stereocenters. The highest BCUT2D eigenvalue weighted by Gasteiger charge is 2.25. The maximum atomic E-state index is 12.4. The number of furan rings is 1. The first-order chi connectivity index (χ1) is 11.0. The maximum absolute atomic E-state index is 12.4. The summed E-state index contributed by atoms with van der Waals surface area (Å²) in [4.78, 5) is 30.4. The van der Waals surface area contributed by atoms with Crippen LogP contribution in [0.25, 0.3) is 0 Å². The number of hydrogen-bond acceptors (Lipinski definition) is 4. The average Bonchev–Trinajstić information content (AvgIpc) is 2.97. The lowest BCUT2D eigenvalue weighted by Crippen LogP contribution is -2.45. The molecule has 3 heterocycles. The van der Waals surface area contributed by atoms with Crippen molar-refractivity contribution in [3.8, 4) is 0 Å². The number of rotatable bonds is 2. The van der Waals surface area contributed by atoms with Crippen LogP contribution in [0.3, 0.4) is 0 Å². The Morgan fingerprint density at radius 3 is 2.91 bits per heavy atom. The third-order valence-corrected chi connectivity index (χ3v) is 4.10. The first-order valence-corrected chi connectivity index (χ1v) is 7.61. The molecule has 0 saturated heterocycles. The summed E-state index contributed by atoms with van der Waals surface area (Å²) in [5.74, 6) is 1.54. The van der Waals surface area contributed by atoms with Crippen molar-refractivity contribution in [3.05, 3.63) is 51.6 Å². The van der Waals surface area contributed by atoms with Crippen LogP contribution in [-0.2, 0) is 20.0 Å². The molecule has 2 amide bonds. The number of hydrogen-bond donors (Lipinski definition) is 1. The van der Waals surface area contributed by atoms with Gasteiger partial charge in [-0.1, -0.05) is 0 Å². The Morgan fingerprint density at radius 1 is 1.43 bits per heavy atom. The van der Waals surface area contributed by atoms with Gasteiger partial charge in [0.2, 0.25) is 0 Å². The van der Waals surface area contributed by atoms with Gasteiger partial charge in [0.05, 0.1) is 24.6 Å². The summed E-state index contributed by atoms with van der Waals surface area (Å²) in [5, 5.41) is 2.92. The highest BCUT2D eigenvalue weighted by atomic mass is 16.3. The molecule has 0 bridgehead atoms. The number of carbonyl (C=O) groups excluding carboxylic acids is 1. The largest absolute Gasteiger partial charge is 0.464 e. The number of nitrogens with one attached hydrogen (secondary N) is 1. The lowest BCUT2D eigenvalue weighted by Gasteiger charge is -2.29. The van der Waals surface area contributed by atoms with Gasteiger partial charge in [0.1, 0.15) is 11.5 Å². The van der Waals surface area contributed by atoms with Gasteiger partial charge in [0.15, 0.2) is 0 Å². The van der Waals surface area contributed by atoms with Crippen LogP contribution in [0.4, 0.5) is 4.79 Å². The Labute approximate surface area is 133 Å². The molecule has 1 N–H and O–H groups in total. The molecule has 122 valence electrons. The molecule has 2 aromatic rings. The van der Waals surface area contributed by atoms with E-state index in [0.717, 1.165) is 11.5 Å². The van der Waals surface area contributed by atoms with E-state index in [4.69, 9.17) is 4.42 Å². The zero-order valence-corrected chi connectivity index (χ0v) is 13.5. The Balaban J connectivity index is 1.69. The monoisotopic (exact) mass is 316 g/mol. The van der Waals surface area contributed by atoms with E-state index < -0.39 is 0 Å². The predicted molar refractivity (Wildman–Crippen MR) is 84.0 cm³/mol. The van der Waals surface area contributed by atoms with Crippen molar-refractivity contribution in [2.45, 2.75) is 32.9 Å². The topological polar surface area (TPSA) is 80.4 Å². The molecule has 23 heavy (non-hydrogen) atoms. The van der Waals surface area contributed by atoms with Gasteiger partial charge in [-0.05, 0) is 32.4 Å². The fourth-order valence-electron chi connectivity index (χ4n) is 2.72. The summed E-state index contributed by atoms with van der Waals surface area (Å²) in [7, 11) is 1.68. The minimum absolute atomic E-state index is 0.0329. The molecular weight excluding hydrogens is 296 g/mol. The van der Waals surface area contributed by atoms with E-state index in [2.05, 4.69) is 10.3 Å². The molecule has 1 aliphatic rings. The van der Waals surface area contributed by atoms with Crippen molar-refractivity contribution in [1.29, 1.82) is 0 Å². The quantitative estimate of drug-likeness (QED) is 0.910. The Hall–Kier alpha value is -2.57. The van der Waals surface area contributed by atoms with Crippen molar-refractivity contribution in [1.82, 2.24) is 19.8 Å². The van der Waals surface area contributed by atoms with Crippen LogP contribution in [0.15, 0.2) is 27.7 Å². The number of nitrogens with zero attached hydrogens (tertiary/aromatic N) is 3. The van der Waals surface area contributed by atoms with E-state index in [0.29, 0.717) is 30.8 Å². The Kier molecular flexibility index (Phi) is 3.94. The van der Waals surface area contributed by atoms with Crippen LogP contribution in [0, 0.1) is 6.92 Å². The van der Waals surface area contributed by atoms with Crippen molar-refractivity contribution in [2.24, 2.45) is 7.05 Å². The first kappa shape index (κ1) is 15.3. The normalized spacial score (nSPS) is 15.2. The number of amides is 2. The Morgan fingerprint density at radius 2 is 2.22 bits per heavy atom. The van der Waals surface area contributed by atoms with Crippen molar-refractivity contribution < 1.29 is 9.21 Å². The molecule has 1 unspecified atom stereocenters. The third-order valence-electron chi connectivity index (χ3n) is 4.10. The van der Waals surface area contributed by atoms with Crippen LogP contribution in [0.2, 0.25) is 0 Å². The molecular formula is C16H20N4O3. The zero-order chi connectivity index (χ0) is 16.6. The van der Waals surface area contributed by atoms with Gasteiger partial charge >= 0.3 is 6.03 Å². The van der Waals surface area contributed by atoms with Crippen LogP contribution >= 0.6 is 0 Å². The molecule has 0 radical (unpaired) electrons. The molecule has 1 aliphatic heterocycles. The summed E-state index contributed by atoms with van der Waals surface area (Å²) >= 11 is 0. The highest BCUT2D eigenvalue weighted by Crippen LogP contribution is 2.18. The van der Waals surface area contributed by atoms with Crippen molar-refractivity contribution in [3.63, 3.8) is 0 Å². The van der Waals surface area contributed by atoms with Crippen LogP contribution in [0.5, 0.6) is 0 Å². The molecule has 7 nitrogen and oxygen atoms in total. The number of aryl methyl sites for hydroxylation is 2. The predicted octanol–water partition coefficient (Wildman–Crippen LogP) is 1.51. The summed E-state index contributed by atoms with van der Waals surface area (Å²) in [5.41, 5.74) is 1.35. The standard InChI is InChI=1S/C16H20N4O3/c1-10-4-5-14(23-10)11(2)18-16(22)20-7-6-12-13(8-20)17-9-19(3)15(12)21/h4-5,9,11H,6-8H2,1-3H3,(H,18,22). The number of aromatic nitrogens is 2. The molecule has 0 spiro atoms. The highest BCUT2D eigenvalue weighted by molar-refractivity contribution is 5.74. The van der Waals surface area contributed by atoms with E-state index in [1.807, 2.05) is 26.0 Å². The van der Waals surface area contributed by atoms with Crippen molar-refractivity contribution >= 4 is 6.03 Å².